The number of nitrogens with two attached hydrogens (primary N) is 1. The highest BCUT2D eigenvalue weighted by molar-refractivity contribution is 7.95. The molecule has 1 fully saturated rings. The Morgan fingerprint density at radius 3 is 2.65 bits per heavy atom. The summed E-state index contributed by atoms with van der Waals surface area (Å²) in [5.74, 6) is -0.364. The second kappa shape index (κ2) is 5.34. The molecule has 1 heterocycles. The van der Waals surface area contributed by atoms with Gasteiger partial charge in [-0.1, -0.05) is 12.1 Å². The molecule has 2 rings (SSSR count). The van der Waals surface area contributed by atoms with Crippen LogP contribution >= 0.6 is 0 Å². The molecule has 1 aliphatic heterocycles. The van der Waals surface area contributed by atoms with E-state index in [0.717, 1.165) is 5.56 Å². The summed E-state index contributed by atoms with van der Waals surface area (Å²) in [5.41, 5.74) is 6.96. The zero-order valence-corrected chi connectivity index (χ0v) is 12.7. The Morgan fingerprint density at radius 1 is 1.40 bits per heavy atom. The van der Waals surface area contributed by atoms with Gasteiger partial charge in [0, 0.05) is 11.7 Å². The lowest BCUT2D eigenvalue weighted by molar-refractivity contribution is 0.554. The van der Waals surface area contributed by atoms with Crippen molar-refractivity contribution in [1.29, 1.82) is 0 Å². The molecule has 0 amide bonds. The van der Waals surface area contributed by atoms with E-state index in [9.17, 15) is 16.8 Å². The molecule has 0 radical (unpaired) electrons. The van der Waals surface area contributed by atoms with Crippen molar-refractivity contribution >= 4 is 25.5 Å². The van der Waals surface area contributed by atoms with Crippen LogP contribution in [0.15, 0.2) is 24.3 Å². The summed E-state index contributed by atoms with van der Waals surface area (Å²) in [7, 11) is -6.89. The fourth-order valence-electron chi connectivity index (χ4n) is 2.24. The molecule has 2 unspecified atom stereocenters. The molecule has 2 atom stereocenters. The maximum absolute atomic E-state index is 12.2. The van der Waals surface area contributed by atoms with E-state index in [2.05, 4.69) is 4.72 Å². The Kier molecular flexibility index (Phi) is 4.08. The predicted octanol–water partition coefficient (Wildman–Crippen LogP) is 0.436. The normalized spacial score (nSPS) is 23.6. The fourth-order valence-corrected chi connectivity index (χ4v) is 6.53. The molecule has 8 heteroatoms. The highest BCUT2D eigenvalue weighted by Gasteiger charge is 2.37. The average Bonchev–Trinajstić information content (AvgIpc) is 2.70. The standard InChI is InChI=1S/C12H18N2O4S2/c1-9(10-3-2-4-11(13)7-10)14-20(17,18)12-5-6-19(15,16)8-12/h2-4,7,9,12,14H,5-6,8,13H2,1H3. The molecular formula is C12H18N2O4S2. The Hall–Kier alpha value is -1.12. The first kappa shape index (κ1) is 15.3. The third kappa shape index (κ3) is 3.50. The predicted molar refractivity (Wildman–Crippen MR) is 78.4 cm³/mol. The molecule has 1 aliphatic rings. The molecule has 1 aromatic carbocycles. The van der Waals surface area contributed by atoms with Gasteiger partial charge in [-0.05, 0) is 31.0 Å². The second-order valence-electron chi connectivity index (χ2n) is 5.08. The number of hydrogen-bond acceptors (Lipinski definition) is 5. The molecule has 0 aliphatic carbocycles. The van der Waals surface area contributed by atoms with Crippen LogP contribution in [0.3, 0.4) is 0 Å². The van der Waals surface area contributed by atoms with Gasteiger partial charge in [-0.25, -0.2) is 21.6 Å². The molecule has 20 heavy (non-hydrogen) atoms. The lowest BCUT2D eigenvalue weighted by Crippen LogP contribution is -2.36. The van der Waals surface area contributed by atoms with Gasteiger partial charge in [0.2, 0.25) is 10.0 Å². The molecule has 0 bridgehead atoms. The quantitative estimate of drug-likeness (QED) is 0.783. The first-order valence-corrected chi connectivity index (χ1v) is 9.63. The second-order valence-corrected chi connectivity index (χ2v) is 9.30. The number of nitrogen functional groups attached to an aromatic ring is 1. The summed E-state index contributed by atoms with van der Waals surface area (Å²) in [6.07, 6.45) is 0.154. The molecule has 3 N–H and O–H groups in total. The Labute approximate surface area is 119 Å². The summed E-state index contributed by atoms with van der Waals surface area (Å²) in [6.45, 7) is 1.70. The van der Waals surface area contributed by atoms with Crippen LogP contribution in [-0.4, -0.2) is 33.6 Å². The van der Waals surface area contributed by atoms with Crippen molar-refractivity contribution in [2.24, 2.45) is 0 Å². The Bertz CT molecular complexity index is 698. The van der Waals surface area contributed by atoms with Crippen LogP contribution < -0.4 is 10.5 Å². The Morgan fingerprint density at radius 2 is 2.10 bits per heavy atom. The van der Waals surface area contributed by atoms with Crippen LogP contribution in [-0.2, 0) is 19.9 Å². The molecule has 1 aromatic rings. The minimum absolute atomic E-state index is 0.0642. The van der Waals surface area contributed by atoms with Crippen molar-refractivity contribution in [2.45, 2.75) is 24.6 Å². The minimum atomic E-state index is -3.66. The van der Waals surface area contributed by atoms with Crippen molar-refractivity contribution in [1.82, 2.24) is 4.72 Å². The van der Waals surface area contributed by atoms with Crippen LogP contribution in [0.5, 0.6) is 0 Å². The third-order valence-corrected chi connectivity index (χ3v) is 7.32. The zero-order chi connectivity index (χ0) is 15.0. The molecule has 0 spiro atoms. The highest BCUT2D eigenvalue weighted by Crippen LogP contribution is 2.22. The topological polar surface area (TPSA) is 106 Å². The lowest BCUT2D eigenvalue weighted by atomic mass is 10.1. The van der Waals surface area contributed by atoms with Crippen LogP contribution in [0.2, 0.25) is 0 Å². The van der Waals surface area contributed by atoms with E-state index in [1.54, 1.807) is 31.2 Å². The number of sulfonamides is 1. The van der Waals surface area contributed by atoms with Gasteiger partial charge in [0.25, 0.3) is 0 Å². The number of sulfone groups is 1. The Balaban J connectivity index is 2.13. The van der Waals surface area contributed by atoms with Crippen molar-refractivity contribution < 1.29 is 16.8 Å². The number of benzene rings is 1. The largest absolute Gasteiger partial charge is 0.399 e. The summed E-state index contributed by atoms with van der Waals surface area (Å²) in [6, 6.07) is 6.48. The maximum Gasteiger partial charge on any atom is 0.216 e. The minimum Gasteiger partial charge on any atom is -0.399 e. The number of nitrogens with one attached hydrogen (secondary N) is 1. The van der Waals surface area contributed by atoms with E-state index in [4.69, 9.17) is 5.73 Å². The van der Waals surface area contributed by atoms with Crippen LogP contribution in [0.1, 0.15) is 24.9 Å². The van der Waals surface area contributed by atoms with E-state index in [0.29, 0.717) is 5.69 Å². The summed E-state index contributed by atoms with van der Waals surface area (Å²) < 4.78 is 49.7. The molecular weight excluding hydrogens is 300 g/mol. The van der Waals surface area contributed by atoms with Crippen molar-refractivity contribution in [3.63, 3.8) is 0 Å². The third-order valence-electron chi connectivity index (χ3n) is 3.38. The van der Waals surface area contributed by atoms with Gasteiger partial charge in [-0.2, -0.15) is 0 Å². The van der Waals surface area contributed by atoms with Gasteiger partial charge in [-0.15, -0.1) is 0 Å². The fraction of sp³-hybridized carbons (Fsp3) is 0.500. The van der Waals surface area contributed by atoms with E-state index in [1.165, 1.54) is 0 Å². The zero-order valence-electron chi connectivity index (χ0n) is 11.1. The van der Waals surface area contributed by atoms with Gasteiger partial charge < -0.3 is 5.73 Å². The van der Waals surface area contributed by atoms with Gasteiger partial charge >= 0.3 is 0 Å². The van der Waals surface area contributed by atoms with E-state index in [1.807, 2.05) is 0 Å². The summed E-state index contributed by atoms with van der Waals surface area (Å²) in [4.78, 5) is 0. The van der Waals surface area contributed by atoms with Crippen molar-refractivity contribution in [3.05, 3.63) is 29.8 Å². The van der Waals surface area contributed by atoms with Crippen molar-refractivity contribution in [3.8, 4) is 0 Å². The first-order valence-electron chi connectivity index (χ1n) is 6.27. The molecule has 0 saturated carbocycles. The van der Waals surface area contributed by atoms with E-state index in [-0.39, 0.29) is 17.9 Å². The van der Waals surface area contributed by atoms with Gasteiger partial charge in [0.1, 0.15) is 0 Å². The van der Waals surface area contributed by atoms with E-state index >= 15 is 0 Å². The summed E-state index contributed by atoms with van der Waals surface area (Å²) in [5, 5.41) is -0.865. The van der Waals surface area contributed by atoms with Crippen molar-refractivity contribution in [2.75, 3.05) is 17.2 Å². The number of rotatable bonds is 4. The first-order chi connectivity index (χ1) is 9.20. The lowest BCUT2D eigenvalue weighted by Gasteiger charge is -2.18. The molecule has 112 valence electrons. The van der Waals surface area contributed by atoms with Gasteiger partial charge in [0.15, 0.2) is 9.84 Å². The number of hydrogen-bond donors (Lipinski definition) is 2. The molecule has 1 saturated heterocycles. The smallest absolute Gasteiger partial charge is 0.216 e. The summed E-state index contributed by atoms with van der Waals surface area (Å²) >= 11 is 0. The van der Waals surface area contributed by atoms with Crippen LogP contribution in [0.25, 0.3) is 0 Å². The SMILES string of the molecule is CC(NS(=O)(=O)C1CCS(=O)(=O)C1)c1cccc(N)c1. The highest BCUT2D eigenvalue weighted by atomic mass is 32.2. The maximum atomic E-state index is 12.2. The van der Waals surface area contributed by atoms with E-state index < -0.39 is 31.2 Å². The molecule has 0 aromatic heterocycles. The molecule has 6 nitrogen and oxygen atoms in total. The monoisotopic (exact) mass is 318 g/mol. The van der Waals surface area contributed by atoms with Gasteiger partial charge in [-0.3, -0.25) is 0 Å². The average molecular weight is 318 g/mol. The van der Waals surface area contributed by atoms with Crippen LogP contribution in [0, 0.1) is 0 Å². The number of anilines is 1. The van der Waals surface area contributed by atoms with Gasteiger partial charge in [0.05, 0.1) is 16.8 Å². The van der Waals surface area contributed by atoms with Crippen LogP contribution in [0.4, 0.5) is 5.69 Å².